The molecular formula is C25H32Cl2N2O4S. The number of nitrogens with one attached hydrogen (secondary N) is 1. The van der Waals surface area contributed by atoms with Gasteiger partial charge >= 0.3 is 0 Å². The van der Waals surface area contributed by atoms with E-state index in [9.17, 15) is 13.2 Å². The van der Waals surface area contributed by atoms with Crippen molar-refractivity contribution in [3.05, 3.63) is 63.6 Å². The molecule has 0 spiro atoms. The highest BCUT2D eigenvalue weighted by Gasteiger charge is 2.31. The molecule has 0 unspecified atom stereocenters. The topological polar surface area (TPSA) is 75.7 Å². The lowest BCUT2D eigenvalue weighted by Crippen LogP contribution is -2.43. The van der Waals surface area contributed by atoms with E-state index in [-0.39, 0.29) is 23.0 Å². The summed E-state index contributed by atoms with van der Waals surface area (Å²) < 4.78 is 33.0. The van der Waals surface area contributed by atoms with Crippen molar-refractivity contribution in [2.45, 2.75) is 44.8 Å². The highest BCUT2D eigenvalue weighted by molar-refractivity contribution is 7.88. The molecule has 9 heteroatoms. The van der Waals surface area contributed by atoms with E-state index in [0.717, 1.165) is 11.3 Å². The molecule has 0 aromatic heterocycles. The van der Waals surface area contributed by atoms with E-state index in [4.69, 9.17) is 27.9 Å². The van der Waals surface area contributed by atoms with Crippen LogP contribution in [0.3, 0.4) is 0 Å². The van der Waals surface area contributed by atoms with E-state index in [1.165, 1.54) is 4.31 Å². The molecule has 6 nitrogen and oxygen atoms in total. The molecule has 3 rings (SSSR count). The molecule has 1 fully saturated rings. The van der Waals surface area contributed by atoms with Gasteiger partial charge in [0.2, 0.25) is 15.9 Å². The van der Waals surface area contributed by atoms with Crippen molar-refractivity contribution in [3.63, 3.8) is 0 Å². The summed E-state index contributed by atoms with van der Waals surface area (Å²) in [4.78, 5) is 12.6. The molecule has 0 radical (unpaired) electrons. The van der Waals surface area contributed by atoms with Crippen LogP contribution in [0.2, 0.25) is 10.0 Å². The molecule has 1 aliphatic rings. The van der Waals surface area contributed by atoms with Crippen LogP contribution in [-0.4, -0.2) is 44.9 Å². The number of hydrogen-bond acceptors (Lipinski definition) is 4. The Bertz CT molecular complexity index is 1110. The Hall–Kier alpha value is -1.80. The van der Waals surface area contributed by atoms with Gasteiger partial charge in [0, 0.05) is 19.0 Å². The van der Waals surface area contributed by atoms with Gasteiger partial charge in [-0.2, -0.15) is 0 Å². The van der Waals surface area contributed by atoms with Gasteiger partial charge in [-0.1, -0.05) is 68.2 Å². The van der Waals surface area contributed by atoms with Crippen LogP contribution < -0.4 is 10.1 Å². The minimum atomic E-state index is -3.50. The van der Waals surface area contributed by atoms with Crippen molar-refractivity contribution < 1.29 is 17.9 Å². The minimum Gasteiger partial charge on any atom is -0.491 e. The molecule has 1 saturated heterocycles. The monoisotopic (exact) mass is 526 g/mol. The molecule has 2 aromatic rings. The fourth-order valence-electron chi connectivity index (χ4n) is 4.02. The van der Waals surface area contributed by atoms with Crippen molar-refractivity contribution in [1.82, 2.24) is 9.62 Å². The van der Waals surface area contributed by atoms with Crippen LogP contribution in [0.4, 0.5) is 0 Å². The summed E-state index contributed by atoms with van der Waals surface area (Å²) in [7, 11) is -3.50. The Morgan fingerprint density at radius 3 is 2.41 bits per heavy atom. The number of nitrogens with zero attached hydrogens (tertiary/aromatic N) is 1. The third-order valence-electron chi connectivity index (χ3n) is 5.91. The van der Waals surface area contributed by atoms with E-state index in [1.807, 2.05) is 18.2 Å². The van der Waals surface area contributed by atoms with Crippen LogP contribution in [0.1, 0.15) is 44.7 Å². The third kappa shape index (κ3) is 7.11. The van der Waals surface area contributed by atoms with Crippen molar-refractivity contribution >= 4 is 39.1 Å². The molecule has 1 heterocycles. The Morgan fingerprint density at radius 2 is 1.76 bits per heavy atom. The highest BCUT2D eigenvalue weighted by atomic mass is 35.5. The summed E-state index contributed by atoms with van der Waals surface area (Å²) in [5, 5.41) is 3.64. The first-order valence-electron chi connectivity index (χ1n) is 11.4. The quantitative estimate of drug-likeness (QED) is 0.489. The summed E-state index contributed by atoms with van der Waals surface area (Å²) in [6, 6.07) is 12.8. The largest absolute Gasteiger partial charge is 0.491 e. The van der Waals surface area contributed by atoms with Crippen LogP contribution in [0, 0.1) is 5.92 Å². The number of hydrogen-bond donors (Lipinski definition) is 1. The molecule has 1 amide bonds. The van der Waals surface area contributed by atoms with Crippen molar-refractivity contribution in [1.29, 1.82) is 0 Å². The first-order valence-corrected chi connectivity index (χ1v) is 13.8. The number of amides is 1. The molecule has 2 aromatic carbocycles. The molecule has 0 aliphatic carbocycles. The van der Waals surface area contributed by atoms with E-state index < -0.39 is 10.0 Å². The molecule has 1 aliphatic heterocycles. The van der Waals surface area contributed by atoms with Gasteiger partial charge < -0.3 is 10.1 Å². The van der Waals surface area contributed by atoms with Crippen molar-refractivity contribution in [3.8, 4) is 5.75 Å². The van der Waals surface area contributed by atoms with Gasteiger partial charge in [0.05, 0.1) is 22.3 Å². The second-order valence-electron chi connectivity index (χ2n) is 9.56. The third-order valence-corrected chi connectivity index (χ3v) is 8.49. The van der Waals surface area contributed by atoms with E-state index >= 15 is 0 Å². The number of para-hydroxylation sites is 1. The van der Waals surface area contributed by atoms with Crippen molar-refractivity contribution in [2.75, 3.05) is 26.2 Å². The van der Waals surface area contributed by atoms with Gasteiger partial charge in [0.25, 0.3) is 0 Å². The van der Waals surface area contributed by atoms with Crippen LogP contribution in [-0.2, 0) is 26.0 Å². The molecule has 0 saturated carbocycles. The molecule has 0 atom stereocenters. The van der Waals surface area contributed by atoms with Crippen LogP contribution in [0.15, 0.2) is 42.5 Å². The SMILES string of the molecule is CC(C)(C)c1ccccc1OCCNC(=O)C1CCN(S(=O)(=O)Cc2ccc(Cl)c(Cl)c2)CC1. The Kier molecular flexibility index (Phi) is 8.90. The number of piperidine rings is 1. The van der Waals surface area contributed by atoms with Crippen LogP contribution in [0.5, 0.6) is 5.75 Å². The highest BCUT2D eigenvalue weighted by Crippen LogP contribution is 2.31. The standard InChI is InChI=1S/C25H32Cl2N2O4S/c1-25(2,3)20-6-4-5-7-23(20)33-15-12-28-24(30)19-10-13-29(14-11-19)34(31,32)17-18-8-9-21(26)22(27)16-18/h4-9,16,19H,10-15,17H2,1-3H3,(H,28,30). The van der Waals surface area contributed by atoms with Crippen LogP contribution in [0.25, 0.3) is 0 Å². The predicted octanol–water partition coefficient (Wildman–Crippen LogP) is 5.03. The average molecular weight is 528 g/mol. The van der Waals surface area contributed by atoms with E-state index in [2.05, 4.69) is 32.2 Å². The van der Waals surface area contributed by atoms with Gasteiger partial charge in [0.15, 0.2) is 0 Å². The fraction of sp³-hybridized carbons (Fsp3) is 0.480. The van der Waals surface area contributed by atoms with Crippen molar-refractivity contribution in [2.24, 2.45) is 5.92 Å². The van der Waals surface area contributed by atoms with E-state index in [1.54, 1.807) is 18.2 Å². The summed E-state index contributed by atoms with van der Waals surface area (Å²) in [5.74, 6) is 0.408. The smallest absolute Gasteiger partial charge is 0.223 e. The van der Waals surface area contributed by atoms with Gasteiger partial charge in [0.1, 0.15) is 12.4 Å². The Balaban J connectivity index is 1.44. The van der Waals surface area contributed by atoms with Crippen LogP contribution >= 0.6 is 23.2 Å². The normalized spacial score (nSPS) is 15.8. The number of halogens is 2. The summed E-state index contributed by atoms with van der Waals surface area (Å²) in [6.45, 7) is 7.80. The number of benzene rings is 2. The molecule has 34 heavy (non-hydrogen) atoms. The molecule has 1 N–H and O–H groups in total. The summed E-state index contributed by atoms with van der Waals surface area (Å²) >= 11 is 11.9. The summed E-state index contributed by atoms with van der Waals surface area (Å²) in [5.41, 5.74) is 1.67. The second-order valence-corrected chi connectivity index (χ2v) is 12.3. The van der Waals surface area contributed by atoms with E-state index in [0.29, 0.717) is 54.7 Å². The second kappa shape index (κ2) is 11.3. The zero-order chi connectivity index (χ0) is 24.9. The Morgan fingerprint density at radius 1 is 1.09 bits per heavy atom. The minimum absolute atomic E-state index is 0.0338. The predicted molar refractivity (Wildman–Crippen MR) is 137 cm³/mol. The first kappa shape index (κ1) is 26.8. The lowest BCUT2D eigenvalue weighted by Gasteiger charge is -2.30. The van der Waals surface area contributed by atoms with Gasteiger partial charge in [-0.05, 0) is 47.6 Å². The molecular weight excluding hydrogens is 495 g/mol. The molecule has 0 bridgehead atoms. The lowest BCUT2D eigenvalue weighted by molar-refractivity contribution is -0.126. The number of carbonyl (C=O) groups excluding carboxylic acids is 1. The Labute approximate surface area is 212 Å². The summed E-state index contributed by atoms with van der Waals surface area (Å²) in [6.07, 6.45) is 0.973. The number of ether oxygens (including phenoxy) is 1. The maximum atomic E-state index is 12.8. The molecule has 186 valence electrons. The van der Waals surface area contributed by atoms with Gasteiger partial charge in [-0.3, -0.25) is 4.79 Å². The fourth-order valence-corrected chi connectivity index (χ4v) is 5.89. The zero-order valence-electron chi connectivity index (χ0n) is 19.8. The maximum Gasteiger partial charge on any atom is 0.223 e. The maximum absolute atomic E-state index is 12.8. The zero-order valence-corrected chi connectivity index (χ0v) is 22.1. The lowest BCUT2D eigenvalue weighted by atomic mass is 9.86. The van der Waals surface area contributed by atoms with Gasteiger partial charge in [-0.25, -0.2) is 12.7 Å². The first-order chi connectivity index (χ1) is 16.0. The average Bonchev–Trinajstić information content (AvgIpc) is 2.78. The number of rotatable bonds is 8. The van der Waals surface area contributed by atoms with Gasteiger partial charge in [-0.15, -0.1) is 0 Å². The number of sulfonamides is 1. The number of carbonyl (C=O) groups is 1.